The first-order valence-electron chi connectivity index (χ1n) is 9.71. The van der Waals surface area contributed by atoms with E-state index in [-0.39, 0.29) is 0 Å². The summed E-state index contributed by atoms with van der Waals surface area (Å²) in [7, 11) is 0. The van der Waals surface area contributed by atoms with Gasteiger partial charge in [-0.1, -0.05) is 65.9 Å². The number of hydrogen-bond donors (Lipinski definition) is 1. The van der Waals surface area contributed by atoms with Crippen molar-refractivity contribution >= 4 is 23.1 Å². The lowest BCUT2D eigenvalue weighted by molar-refractivity contribution is 0.623. The normalized spacial score (nSPS) is 12.6. The van der Waals surface area contributed by atoms with Crippen molar-refractivity contribution in [3.05, 3.63) is 83.9 Å². The van der Waals surface area contributed by atoms with Crippen LogP contribution in [0.1, 0.15) is 24.0 Å². The number of aryl methyl sites for hydroxylation is 1. The van der Waals surface area contributed by atoms with Crippen LogP contribution in [-0.2, 0) is 6.54 Å². The minimum Gasteiger partial charge on any atom is -0.340 e. The summed E-state index contributed by atoms with van der Waals surface area (Å²) in [6.45, 7) is 5.19. The zero-order valence-corrected chi connectivity index (χ0v) is 16.6. The van der Waals surface area contributed by atoms with E-state index in [4.69, 9.17) is 0 Å². The highest BCUT2D eigenvalue weighted by atomic mass is 32.2. The monoisotopic (exact) mass is 374 g/mol. The van der Waals surface area contributed by atoms with Crippen molar-refractivity contribution in [1.82, 2.24) is 5.32 Å². The Balaban J connectivity index is 1.31. The molecule has 0 aliphatic carbocycles. The van der Waals surface area contributed by atoms with E-state index < -0.39 is 0 Å². The zero-order valence-electron chi connectivity index (χ0n) is 15.8. The van der Waals surface area contributed by atoms with Crippen molar-refractivity contribution < 1.29 is 0 Å². The Kier molecular flexibility index (Phi) is 5.81. The SMILES string of the molecule is Cc1ccc(CNCCCCN2c3ccccc3Sc3ccccc32)cc1. The van der Waals surface area contributed by atoms with Gasteiger partial charge in [0.05, 0.1) is 11.4 Å². The van der Waals surface area contributed by atoms with E-state index in [2.05, 4.69) is 89.9 Å². The summed E-state index contributed by atoms with van der Waals surface area (Å²) in [6.07, 6.45) is 2.36. The number of anilines is 2. The number of benzene rings is 3. The molecule has 1 heterocycles. The highest BCUT2D eigenvalue weighted by molar-refractivity contribution is 7.99. The molecule has 3 heteroatoms. The molecule has 1 aliphatic rings. The first-order chi connectivity index (χ1) is 13.3. The molecular weight excluding hydrogens is 348 g/mol. The van der Waals surface area contributed by atoms with Crippen LogP contribution < -0.4 is 10.2 Å². The third-order valence-corrected chi connectivity index (χ3v) is 6.10. The number of unbranched alkanes of at least 4 members (excludes halogenated alkanes) is 1. The van der Waals surface area contributed by atoms with Gasteiger partial charge in [-0.15, -0.1) is 0 Å². The van der Waals surface area contributed by atoms with Crippen LogP contribution >= 0.6 is 11.8 Å². The van der Waals surface area contributed by atoms with Gasteiger partial charge in [0.2, 0.25) is 0 Å². The lowest BCUT2D eigenvalue weighted by atomic mass is 10.1. The van der Waals surface area contributed by atoms with E-state index in [0.29, 0.717) is 0 Å². The second-order valence-electron chi connectivity index (χ2n) is 7.06. The predicted molar refractivity (Wildman–Crippen MR) is 116 cm³/mol. The Hall–Kier alpha value is -2.23. The van der Waals surface area contributed by atoms with Crippen LogP contribution in [0.15, 0.2) is 82.6 Å². The summed E-state index contributed by atoms with van der Waals surface area (Å²) in [5.41, 5.74) is 5.36. The summed E-state index contributed by atoms with van der Waals surface area (Å²) in [5, 5.41) is 3.57. The van der Waals surface area contributed by atoms with Gasteiger partial charge in [0.25, 0.3) is 0 Å². The number of hydrogen-bond acceptors (Lipinski definition) is 3. The van der Waals surface area contributed by atoms with E-state index in [0.717, 1.165) is 19.6 Å². The molecule has 2 nitrogen and oxygen atoms in total. The summed E-state index contributed by atoms with van der Waals surface area (Å²) < 4.78 is 0. The van der Waals surface area contributed by atoms with E-state index in [1.54, 1.807) is 0 Å². The summed E-state index contributed by atoms with van der Waals surface area (Å²) in [6, 6.07) is 26.3. The Morgan fingerprint density at radius 2 is 1.41 bits per heavy atom. The van der Waals surface area contributed by atoms with E-state index in [1.807, 2.05) is 11.8 Å². The molecule has 0 bridgehead atoms. The Labute approximate surface area is 166 Å². The Morgan fingerprint density at radius 3 is 2.07 bits per heavy atom. The molecule has 27 heavy (non-hydrogen) atoms. The molecule has 0 amide bonds. The first kappa shape index (κ1) is 18.1. The molecule has 4 rings (SSSR count). The van der Waals surface area contributed by atoms with Crippen LogP contribution in [0, 0.1) is 6.92 Å². The fraction of sp³-hybridized carbons (Fsp3) is 0.250. The highest BCUT2D eigenvalue weighted by Gasteiger charge is 2.21. The number of para-hydroxylation sites is 2. The van der Waals surface area contributed by atoms with Gasteiger partial charge in [0, 0.05) is 22.9 Å². The number of fused-ring (bicyclic) bond motifs is 2. The molecule has 0 unspecified atom stereocenters. The average Bonchev–Trinajstić information content (AvgIpc) is 2.71. The zero-order chi connectivity index (χ0) is 18.5. The van der Waals surface area contributed by atoms with Gasteiger partial charge in [-0.3, -0.25) is 0 Å². The minimum atomic E-state index is 0.951. The molecule has 0 aromatic heterocycles. The molecule has 1 N–H and O–H groups in total. The fourth-order valence-corrected chi connectivity index (χ4v) is 4.58. The molecule has 0 radical (unpaired) electrons. The molecule has 1 aliphatic heterocycles. The quantitative estimate of drug-likeness (QED) is 0.498. The maximum atomic E-state index is 3.57. The van der Waals surface area contributed by atoms with Crippen LogP contribution in [0.4, 0.5) is 11.4 Å². The molecule has 138 valence electrons. The molecule has 3 aromatic carbocycles. The first-order valence-corrected chi connectivity index (χ1v) is 10.5. The van der Waals surface area contributed by atoms with Gasteiger partial charge in [-0.2, -0.15) is 0 Å². The maximum absolute atomic E-state index is 3.57. The Morgan fingerprint density at radius 1 is 0.778 bits per heavy atom. The summed E-state index contributed by atoms with van der Waals surface area (Å²) in [5.74, 6) is 0. The van der Waals surface area contributed by atoms with Gasteiger partial charge < -0.3 is 10.2 Å². The van der Waals surface area contributed by atoms with E-state index >= 15 is 0 Å². The molecular formula is C24H26N2S. The average molecular weight is 375 g/mol. The van der Waals surface area contributed by atoms with Crippen molar-refractivity contribution in [2.24, 2.45) is 0 Å². The van der Waals surface area contributed by atoms with E-state index in [9.17, 15) is 0 Å². The fourth-order valence-electron chi connectivity index (χ4n) is 3.48. The van der Waals surface area contributed by atoms with Crippen molar-refractivity contribution in [3.8, 4) is 0 Å². The van der Waals surface area contributed by atoms with E-state index in [1.165, 1.54) is 45.1 Å². The lowest BCUT2D eigenvalue weighted by Crippen LogP contribution is -2.23. The third kappa shape index (κ3) is 4.37. The van der Waals surface area contributed by atoms with Gasteiger partial charge >= 0.3 is 0 Å². The summed E-state index contributed by atoms with van der Waals surface area (Å²) in [4.78, 5) is 5.20. The second kappa shape index (κ2) is 8.64. The van der Waals surface area contributed by atoms with Crippen LogP contribution in [0.2, 0.25) is 0 Å². The van der Waals surface area contributed by atoms with Crippen molar-refractivity contribution in [1.29, 1.82) is 0 Å². The predicted octanol–water partition coefficient (Wildman–Crippen LogP) is 6.17. The van der Waals surface area contributed by atoms with Crippen LogP contribution in [0.5, 0.6) is 0 Å². The molecule has 3 aromatic rings. The molecule has 0 saturated carbocycles. The molecule has 0 spiro atoms. The maximum Gasteiger partial charge on any atom is 0.0552 e. The third-order valence-electron chi connectivity index (χ3n) is 4.97. The number of rotatable bonds is 7. The molecule has 0 saturated heterocycles. The second-order valence-corrected chi connectivity index (χ2v) is 8.14. The lowest BCUT2D eigenvalue weighted by Gasteiger charge is -2.32. The van der Waals surface area contributed by atoms with Crippen LogP contribution in [0.3, 0.4) is 0 Å². The smallest absolute Gasteiger partial charge is 0.0552 e. The van der Waals surface area contributed by atoms with Gasteiger partial charge in [0.1, 0.15) is 0 Å². The van der Waals surface area contributed by atoms with Crippen molar-refractivity contribution in [2.45, 2.75) is 36.1 Å². The largest absolute Gasteiger partial charge is 0.340 e. The topological polar surface area (TPSA) is 15.3 Å². The van der Waals surface area contributed by atoms with Crippen LogP contribution in [-0.4, -0.2) is 13.1 Å². The molecule has 0 atom stereocenters. The van der Waals surface area contributed by atoms with Crippen molar-refractivity contribution in [3.63, 3.8) is 0 Å². The molecule has 0 fully saturated rings. The summed E-state index contributed by atoms with van der Waals surface area (Å²) >= 11 is 1.88. The number of nitrogens with zero attached hydrogens (tertiary/aromatic N) is 1. The standard InChI is InChI=1S/C24H26N2S/c1-19-12-14-20(15-13-19)18-25-16-6-7-17-26-21-8-2-4-10-23(21)27-24-11-5-3-9-22(24)26/h2-5,8-15,25H,6-7,16-18H2,1H3. The van der Waals surface area contributed by atoms with Gasteiger partial charge in [-0.25, -0.2) is 0 Å². The van der Waals surface area contributed by atoms with Crippen molar-refractivity contribution in [2.75, 3.05) is 18.0 Å². The Bertz CT molecular complexity index is 843. The highest BCUT2D eigenvalue weighted by Crippen LogP contribution is 2.47. The van der Waals surface area contributed by atoms with Gasteiger partial charge in [-0.05, 0) is 56.1 Å². The number of nitrogens with one attached hydrogen (secondary N) is 1. The van der Waals surface area contributed by atoms with Gasteiger partial charge in [0.15, 0.2) is 0 Å². The minimum absolute atomic E-state index is 0.951. The van der Waals surface area contributed by atoms with Crippen LogP contribution in [0.25, 0.3) is 0 Å².